The summed E-state index contributed by atoms with van der Waals surface area (Å²) in [7, 11) is 1.65. The van der Waals surface area contributed by atoms with Crippen LogP contribution in [-0.2, 0) is 9.53 Å². The zero-order valence-electron chi connectivity index (χ0n) is 9.91. The van der Waals surface area contributed by atoms with Gasteiger partial charge in [-0.1, -0.05) is 6.42 Å². The van der Waals surface area contributed by atoms with Gasteiger partial charge in [0.25, 0.3) is 0 Å². The van der Waals surface area contributed by atoms with Gasteiger partial charge < -0.3 is 15.8 Å². The first-order chi connectivity index (χ1) is 7.27. The van der Waals surface area contributed by atoms with Gasteiger partial charge in [-0.2, -0.15) is 0 Å². The molecule has 4 nitrogen and oxygen atoms in total. The van der Waals surface area contributed by atoms with E-state index in [0.29, 0.717) is 31.5 Å². The molecule has 0 aromatic rings. The minimum atomic E-state index is 0. The van der Waals surface area contributed by atoms with E-state index in [-0.39, 0.29) is 18.3 Å². The largest absolute Gasteiger partial charge is 0.385 e. The van der Waals surface area contributed by atoms with Crippen LogP contribution in [0.5, 0.6) is 0 Å². The molecule has 1 fully saturated rings. The molecule has 96 valence electrons. The van der Waals surface area contributed by atoms with Crippen LogP contribution in [0.1, 0.15) is 32.1 Å². The molecule has 16 heavy (non-hydrogen) atoms. The molecule has 2 unspecified atom stereocenters. The van der Waals surface area contributed by atoms with Gasteiger partial charge in [0.15, 0.2) is 0 Å². The van der Waals surface area contributed by atoms with Crippen LogP contribution >= 0.6 is 12.4 Å². The second-order valence-electron chi connectivity index (χ2n) is 4.20. The van der Waals surface area contributed by atoms with Gasteiger partial charge >= 0.3 is 0 Å². The van der Waals surface area contributed by atoms with E-state index in [2.05, 4.69) is 5.32 Å². The second-order valence-corrected chi connectivity index (χ2v) is 4.20. The Kier molecular flexibility index (Phi) is 8.61. The summed E-state index contributed by atoms with van der Waals surface area (Å²) in [6, 6.07) is 0.310. The number of carbonyl (C=O) groups is 1. The fourth-order valence-corrected chi connectivity index (χ4v) is 2.16. The Bertz CT molecular complexity index is 202. The summed E-state index contributed by atoms with van der Waals surface area (Å²) in [5, 5.41) is 3.06. The third kappa shape index (κ3) is 5.14. The first-order valence-electron chi connectivity index (χ1n) is 5.76. The smallest absolute Gasteiger partial charge is 0.220 e. The Morgan fingerprint density at radius 1 is 1.50 bits per heavy atom. The molecular weight excluding hydrogens is 228 g/mol. The fourth-order valence-electron chi connectivity index (χ4n) is 2.16. The third-order valence-electron chi connectivity index (χ3n) is 3.06. The topological polar surface area (TPSA) is 64.3 Å². The van der Waals surface area contributed by atoms with Crippen LogP contribution in [0.3, 0.4) is 0 Å². The number of nitrogens with two attached hydrogens (primary N) is 1. The molecule has 2 atom stereocenters. The molecule has 0 bridgehead atoms. The van der Waals surface area contributed by atoms with Crippen molar-refractivity contribution in [3.63, 3.8) is 0 Å². The van der Waals surface area contributed by atoms with Crippen molar-refractivity contribution in [3.05, 3.63) is 0 Å². The lowest BCUT2D eigenvalue weighted by Crippen LogP contribution is -2.39. The quantitative estimate of drug-likeness (QED) is 0.694. The molecular formula is C11H23ClN2O2. The second kappa shape index (κ2) is 8.79. The van der Waals surface area contributed by atoms with Crippen LogP contribution in [-0.4, -0.2) is 32.2 Å². The molecule has 0 aromatic heterocycles. The van der Waals surface area contributed by atoms with Crippen LogP contribution in [0.25, 0.3) is 0 Å². The van der Waals surface area contributed by atoms with E-state index in [0.717, 1.165) is 19.3 Å². The monoisotopic (exact) mass is 250 g/mol. The number of methoxy groups -OCH3 is 1. The molecule has 1 saturated carbocycles. The Balaban J connectivity index is 0.00000225. The Hall–Kier alpha value is -0.320. The molecule has 1 aliphatic carbocycles. The average molecular weight is 251 g/mol. The van der Waals surface area contributed by atoms with Crippen molar-refractivity contribution in [1.29, 1.82) is 0 Å². The maximum Gasteiger partial charge on any atom is 0.220 e. The third-order valence-corrected chi connectivity index (χ3v) is 3.06. The van der Waals surface area contributed by atoms with E-state index in [1.54, 1.807) is 7.11 Å². The normalized spacial score (nSPS) is 23.9. The number of nitrogens with one attached hydrogen (secondary N) is 1. The van der Waals surface area contributed by atoms with Crippen molar-refractivity contribution in [2.75, 3.05) is 20.3 Å². The molecule has 3 N–H and O–H groups in total. The van der Waals surface area contributed by atoms with Crippen LogP contribution in [0.2, 0.25) is 0 Å². The summed E-state index contributed by atoms with van der Waals surface area (Å²) >= 11 is 0. The van der Waals surface area contributed by atoms with Crippen LogP contribution in [0.4, 0.5) is 0 Å². The SMILES string of the molecule is COCCCC(=O)NC1CCCC1CN.Cl. The van der Waals surface area contributed by atoms with Crippen molar-refractivity contribution >= 4 is 18.3 Å². The van der Waals surface area contributed by atoms with Crippen molar-refractivity contribution in [2.24, 2.45) is 11.7 Å². The molecule has 1 amide bonds. The molecule has 1 rings (SSSR count). The Labute approximate surface area is 104 Å². The number of rotatable bonds is 6. The number of hydrogen-bond acceptors (Lipinski definition) is 3. The highest BCUT2D eigenvalue weighted by molar-refractivity contribution is 5.85. The minimum absolute atomic E-state index is 0. The van der Waals surface area contributed by atoms with Crippen LogP contribution < -0.4 is 11.1 Å². The highest BCUT2D eigenvalue weighted by atomic mass is 35.5. The summed E-state index contributed by atoms with van der Waals surface area (Å²) in [6.45, 7) is 1.33. The lowest BCUT2D eigenvalue weighted by atomic mass is 10.0. The molecule has 0 spiro atoms. The highest BCUT2D eigenvalue weighted by Gasteiger charge is 2.26. The Morgan fingerprint density at radius 3 is 2.88 bits per heavy atom. The standard InChI is InChI=1S/C11H22N2O2.ClH/c1-15-7-3-6-11(14)13-10-5-2-4-9(10)8-12;/h9-10H,2-8,12H2,1H3,(H,13,14);1H. The van der Waals surface area contributed by atoms with E-state index in [1.165, 1.54) is 6.42 Å². The number of ether oxygens (including phenoxy) is 1. The van der Waals surface area contributed by atoms with E-state index < -0.39 is 0 Å². The number of halogens is 1. The van der Waals surface area contributed by atoms with Gasteiger partial charge in [0.1, 0.15) is 0 Å². The molecule has 5 heteroatoms. The van der Waals surface area contributed by atoms with Crippen LogP contribution in [0.15, 0.2) is 0 Å². The minimum Gasteiger partial charge on any atom is -0.385 e. The van der Waals surface area contributed by atoms with Gasteiger partial charge in [0.2, 0.25) is 5.91 Å². The van der Waals surface area contributed by atoms with Gasteiger partial charge in [-0.3, -0.25) is 4.79 Å². The summed E-state index contributed by atoms with van der Waals surface area (Å²) in [5.74, 6) is 0.619. The maximum atomic E-state index is 11.5. The maximum absolute atomic E-state index is 11.5. The molecule has 0 radical (unpaired) electrons. The number of amides is 1. The summed E-state index contributed by atoms with van der Waals surface area (Å²) in [4.78, 5) is 11.5. The molecule has 1 aliphatic rings. The van der Waals surface area contributed by atoms with Gasteiger partial charge in [-0.05, 0) is 31.7 Å². The fraction of sp³-hybridized carbons (Fsp3) is 0.909. The number of carbonyl (C=O) groups excluding carboxylic acids is 1. The van der Waals surface area contributed by atoms with E-state index >= 15 is 0 Å². The summed E-state index contributed by atoms with van der Waals surface area (Å²) in [6.07, 6.45) is 4.77. The van der Waals surface area contributed by atoms with E-state index in [4.69, 9.17) is 10.5 Å². The molecule has 0 saturated heterocycles. The Morgan fingerprint density at radius 2 is 2.25 bits per heavy atom. The van der Waals surface area contributed by atoms with Crippen molar-refractivity contribution < 1.29 is 9.53 Å². The van der Waals surface area contributed by atoms with Crippen LogP contribution in [0, 0.1) is 5.92 Å². The average Bonchev–Trinajstić information content (AvgIpc) is 2.65. The van der Waals surface area contributed by atoms with Crippen molar-refractivity contribution in [3.8, 4) is 0 Å². The first-order valence-corrected chi connectivity index (χ1v) is 5.76. The predicted octanol–water partition coefficient (Wildman–Crippen LogP) is 1.08. The molecule has 0 aliphatic heterocycles. The summed E-state index contributed by atoms with van der Waals surface area (Å²) < 4.78 is 4.90. The highest BCUT2D eigenvalue weighted by Crippen LogP contribution is 2.24. The van der Waals surface area contributed by atoms with Crippen molar-refractivity contribution in [1.82, 2.24) is 5.32 Å². The predicted molar refractivity (Wildman–Crippen MR) is 66.7 cm³/mol. The lowest BCUT2D eigenvalue weighted by Gasteiger charge is -2.19. The van der Waals surface area contributed by atoms with Crippen molar-refractivity contribution in [2.45, 2.75) is 38.1 Å². The van der Waals surface area contributed by atoms with Gasteiger partial charge in [0, 0.05) is 26.2 Å². The van der Waals surface area contributed by atoms with E-state index in [1.807, 2.05) is 0 Å². The van der Waals surface area contributed by atoms with Gasteiger partial charge in [-0.25, -0.2) is 0 Å². The van der Waals surface area contributed by atoms with Gasteiger partial charge in [-0.15, -0.1) is 12.4 Å². The zero-order chi connectivity index (χ0) is 11.1. The zero-order valence-corrected chi connectivity index (χ0v) is 10.7. The van der Waals surface area contributed by atoms with E-state index in [9.17, 15) is 4.79 Å². The lowest BCUT2D eigenvalue weighted by molar-refractivity contribution is -0.122. The first kappa shape index (κ1) is 15.7. The van der Waals surface area contributed by atoms with Gasteiger partial charge in [0.05, 0.1) is 0 Å². The number of hydrogen-bond donors (Lipinski definition) is 2. The summed E-state index contributed by atoms with van der Waals surface area (Å²) in [5.41, 5.74) is 5.65. The molecule has 0 aromatic carbocycles. The molecule has 0 heterocycles.